The average molecular weight is 258 g/mol. The second-order valence-electron chi connectivity index (χ2n) is 6.43. The Hall–Kier alpha value is -0.160. The summed E-state index contributed by atoms with van der Waals surface area (Å²) in [4.78, 5) is 0. The lowest BCUT2D eigenvalue weighted by Gasteiger charge is -2.43. The average Bonchev–Trinajstić information content (AvgIpc) is 2.30. The molecule has 0 amide bonds. The molecule has 0 radical (unpaired) electrons. The summed E-state index contributed by atoms with van der Waals surface area (Å²) in [6.45, 7) is 11.1. The van der Waals surface area contributed by atoms with Crippen LogP contribution < -0.4 is 11.3 Å². The van der Waals surface area contributed by atoms with Crippen molar-refractivity contribution in [2.24, 2.45) is 11.3 Å². The Kier molecular flexibility index (Phi) is 6.05. The maximum atomic E-state index is 6.07. The van der Waals surface area contributed by atoms with E-state index >= 15 is 0 Å². The first-order valence-corrected chi connectivity index (χ1v) is 7.11. The van der Waals surface area contributed by atoms with Gasteiger partial charge in [0.05, 0.1) is 11.6 Å². The second-order valence-corrected chi connectivity index (χ2v) is 6.43. The van der Waals surface area contributed by atoms with Gasteiger partial charge >= 0.3 is 0 Å². The van der Waals surface area contributed by atoms with Gasteiger partial charge in [-0.3, -0.25) is 11.3 Å². The summed E-state index contributed by atoms with van der Waals surface area (Å²) in [5.41, 5.74) is 3.17. The van der Waals surface area contributed by atoms with E-state index in [0.29, 0.717) is 5.41 Å². The molecular weight excluding hydrogens is 228 g/mol. The summed E-state index contributed by atoms with van der Waals surface area (Å²) < 4.78 is 11.5. The van der Waals surface area contributed by atoms with Crippen LogP contribution in [0.1, 0.15) is 53.4 Å². The molecule has 0 aromatic heterocycles. The molecule has 4 nitrogen and oxygen atoms in total. The van der Waals surface area contributed by atoms with Crippen LogP contribution in [0.25, 0.3) is 0 Å². The normalized spacial score (nSPS) is 21.8. The van der Waals surface area contributed by atoms with Crippen molar-refractivity contribution < 1.29 is 9.47 Å². The highest BCUT2D eigenvalue weighted by Crippen LogP contribution is 2.33. The van der Waals surface area contributed by atoms with Gasteiger partial charge in [0.1, 0.15) is 0 Å². The predicted molar refractivity (Wildman–Crippen MR) is 74.2 cm³/mol. The van der Waals surface area contributed by atoms with Gasteiger partial charge in [-0.25, -0.2) is 0 Å². The third-order valence-corrected chi connectivity index (χ3v) is 3.79. The maximum Gasteiger partial charge on any atom is 0.0891 e. The van der Waals surface area contributed by atoms with Gasteiger partial charge in [0.2, 0.25) is 0 Å². The van der Waals surface area contributed by atoms with E-state index in [1.807, 2.05) is 0 Å². The molecule has 1 aliphatic rings. The minimum atomic E-state index is -0.146. The van der Waals surface area contributed by atoms with Crippen molar-refractivity contribution >= 4 is 0 Å². The van der Waals surface area contributed by atoms with Crippen LogP contribution in [0, 0.1) is 5.41 Å². The predicted octanol–water partition coefficient (Wildman–Crippen LogP) is 2.23. The molecule has 0 spiro atoms. The van der Waals surface area contributed by atoms with Gasteiger partial charge < -0.3 is 9.47 Å². The second kappa shape index (κ2) is 6.85. The summed E-state index contributed by atoms with van der Waals surface area (Å²) in [6.07, 6.45) is 4.04. The molecule has 1 saturated heterocycles. The van der Waals surface area contributed by atoms with Crippen LogP contribution in [0.4, 0.5) is 0 Å². The molecule has 3 N–H and O–H groups in total. The lowest BCUT2D eigenvalue weighted by Crippen LogP contribution is -2.57. The zero-order valence-corrected chi connectivity index (χ0v) is 12.4. The number of hydrogen-bond acceptors (Lipinski definition) is 4. The summed E-state index contributed by atoms with van der Waals surface area (Å²) in [5, 5.41) is 0. The smallest absolute Gasteiger partial charge is 0.0891 e. The molecule has 0 aromatic rings. The molecule has 0 saturated carbocycles. The number of ether oxygens (including phenoxy) is 2. The molecule has 1 unspecified atom stereocenters. The standard InChI is InChI=1S/C14H30N2O2/c1-5-18-14(8-10-17-11-9-14)12(16-15)6-7-13(2,3)4/h12,16H,5-11,15H2,1-4H3. The highest BCUT2D eigenvalue weighted by molar-refractivity contribution is 4.94. The van der Waals surface area contributed by atoms with Crippen LogP contribution in [-0.4, -0.2) is 31.5 Å². The Bertz CT molecular complexity index is 227. The lowest BCUT2D eigenvalue weighted by molar-refractivity contribution is -0.129. The minimum absolute atomic E-state index is 0.146. The lowest BCUT2D eigenvalue weighted by atomic mass is 9.80. The van der Waals surface area contributed by atoms with E-state index in [1.54, 1.807) is 0 Å². The van der Waals surface area contributed by atoms with Gasteiger partial charge in [-0.1, -0.05) is 20.8 Å². The quantitative estimate of drug-likeness (QED) is 0.566. The van der Waals surface area contributed by atoms with Gasteiger partial charge in [-0.2, -0.15) is 0 Å². The first-order valence-electron chi connectivity index (χ1n) is 7.11. The summed E-state index contributed by atoms with van der Waals surface area (Å²) in [6, 6.07) is 0.209. The highest BCUT2D eigenvalue weighted by atomic mass is 16.5. The van der Waals surface area contributed by atoms with Gasteiger partial charge in [0.25, 0.3) is 0 Å². The molecule has 1 aliphatic heterocycles. The molecule has 18 heavy (non-hydrogen) atoms. The van der Waals surface area contributed by atoms with Crippen LogP contribution in [0.3, 0.4) is 0 Å². The molecular formula is C14H30N2O2. The van der Waals surface area contributed by atoms with E-state index in [0.717, 1.165) is 45.5 Å². The number of hydrogen-bond donors (Lipinski definition) is 2. The van der Waals surface area contributed by atoms with Crippen molar-refractivity contribution in [3.05, 3.63) is 0 Å². The molecule has 4 heteroatoms. The number of rotatable bonds is 6. The molecule has 1 heterocycles. The number of nitrogens with two attached hydrogens (primary N) is 1. The summed E-state index contributed by atoms with van der Waals surface area (Å²) in [5.74, 6) is 5.78. The minimum Gasteiger partial charge on any atom is -0.381 e. The van der Waals surface area contributed by atoms with Crippen molar-refractivity contribution in [1.82, 2.24) is 5.43 Å². The first-order chi connectivity index (χ1) is 8.43. The van der Waals surface area contributed by atoms with Gasteiger partial charge in [0, 0.05) is 32.7 Å². The Morgan fingerprint density at radius 2 is 1.94 bits per heavy atom. The Labute approximate surface area is 112 Å². The molecule has 1 fully saturated rings. The van der Waals surface area contributed by atoms with Crippen LogP contribution in [0.2, 0.25) is 0 Å². The summed E-state index contributed by atoms with van der Waals surface area (Å²) >= 11 is 0. The Morgan fingerprint density at radius 1 is 1.33 bits per heavy atom. The largest absolute Gasteiger partial charge is 0.381 e. The SMILES string of the molecule is CCOC1(C(CCC(C)(C)C)NN)CCOCC1. The van der Waals surface area contributed by atoms with Gasteiger partial charge in [-0.05, 0) is 25.2 Å². The highest BCUT2D eigenvalue weighted by Gasteiger charge is 2.40. The molecule has 1 rings (SSSR count). The van der Waals surface area contributed by atoms with Crippen LogP contribution >= 0.6 is 0 Å². The van der Waals surface area contributed by atoms with E-state index in [1.165, 1.54) is 0 Å². The maximum absolute atomic E-state index is 6.07. The van der Waals surface area contributed by atoms with Crippen LogP contribution in [0.5, 0.6) is 0 Å². The van der Waals surface area contributed by atoms with Crippen molar-refractivity contribution in [1.29, 1.82) is 0 Å². The third kappa shape index (κ3) is 4.50. The van der Waals surface area contributed by atoms with E-state index in [2.05, 4.69) is 33.1 Å². The fourth-order valence-electron chi connectivity index (χ4n) is 2.67. The van der Waals surface area contributed by atoms with E-state index in [4.69, 9.17) is 15.3 Å². The van der Waals surface area contributed by atoms with Gasteiger partial charge in [0.15, 0.2) is 0 Å². The molecule has 0 aromatic carbocycles. The monoisotopic (exact) mass is 258 g/mol. The van der Waals surface area contributed by atoms with Crippen LogP contribution in [0.15, 0.2) is 0 Å². The van der Waals surface area contributed by atoms with Crippen molar-refractivity contribution in [2.75, 3.05) is 19.8 Å². The Balaban J connectivity index is 2.67. The van der Waals surface area contributed by atoms with E-state index < -0.39 is 0 Å². The zero-order valence-electron chi connectivity index (χ0n) is 12.4. The molecule has 1 atom stereocenters. The zero-order chi connectivity index (χ0) is 13.6. The van der Waals surface area contributed by atoms with Crippen molar-refractivity contribution in [3.8, 4) is 0 Å². The van der Waals surface area contributed by atoms with Crippen LogP contribution in [-0.2, 0) is 9.47 Å². The molecule has 108 valence electrons. The summed E-state index contributed by atoms with van der Waals surface area (Å²) in [7, 11) is 0. The van der Waals surface area contributed by atoms with E-state index in [-0.39, 0.29) is 11.6 Å². The van der Waals surface area contributed by atoms with Gasteiger partial charge in [-0.15, -0.1) is 0 Å². The van der Waals surface area contributed by atoms with E-state index in [9.17, 15) is 0 Å². The van der Waals surface area contributed by atoms with Crippen molar-refractivity contribution in [3.63, 3.8) is 0 Å². The topological polar surface area (TPSA) is 56.5 Å². The first kappa shape index (κ1) is 15.9. The fourth-order valence-corrected chi connectivity index (χ4v) is 2.67. The third-order valence-electron chi connectivity index (χ3n) is 3.79. The van der Waals surface area contributed by atoms with Crippen molar-refractivity contribution in [2.45, 2.75) is 65.0 Å². The number of nitrogens with one attached hydrogen (secondary N) is 1. The number of hydrazine groups is 1. The molecule has 0 bridgehead atoms. The fraction of sp³-hybridized carbons (Fsp3) is 1.00. The molecule has 0 aliphatic carbocycles. The Morgan fingerprint density at radius 3 is 2.39 bits per heavy atom.